The van der Waals surface area contributed by atoms with Crippen LogP contribution in [-0.2, 0) is 19.6 Å². The molecule has 2 amide bonds. The van der Waals surface area contributed by atoms with E-state index in [-0.39, 0.29) is 18.3 Å². The molecule has 3 saturated heterocycles. The van der Waals surface area contributed by atoms with Crippen LogP contribution in [0.5, 0.6) is 0 Å². The fraction of sp³-hybridized carbons (Fsp3) is 0.867. The molecular weight excluding hydrogens is 334 g/mol. The Morgan fingerprint density at radius 1 is 0.875 bits per heavy atom. The van der Waals surface area contributed by atoms with Crippen LogP contribution in [0.3, 0.4) is 0 Å². The van der Waals surface area contributed by atoms with Crippen LogP contribution in [0, 0.1) is 0 Å². The molecule has 3 heterocycles. The zero-order chi connectivity index (χ0) is 17.3. The minimum absolute atomic E-state index is 0.0616. The summed E-state index contributed by atoms with van der Waals surface area (Å²) in [6.07, 6.45) is 2.61. The van der Waals surface area contributed by atoms with Gasteiger partial charge in [-0.15, -0.1) is 0 Å². The minimum Gasteiger partial charge on any atom is -0.391 e. The van der Waals surface area contributed by atoms with Crippen LogP contribution in [0.25, 0.3) is 0 Å². The average Bonchev–Trinajstić information content (AvgIpc) is 2.93. The van der Waals surface area contributed by atoms with E-state index < -0.39 is 27.9 Å². The van der Waals surface area contributed by atoms with E-state index >= 15 is 0 Å². The van der Waals surface area contributed by atoms with Crippen molar-refractivity contribution in [2.24, 2.45) is 0 Å². The molecule has 0 aliphatic carbocycles. The molecule has 0 aromatic rings. The summed E-state index contributed by atoms with van der Waals surface area (Å²) in [6, 6.07) is -0.0616. The quantitative estimate of drug-likeness (QED) is 0.606. The number of sulfonamides is 1. The third kappa shape index (κ3) is 3.57. The highest BCUT2D eigenvalue weighted by atomic mass is 32.2. The van der Waals surface area contributed by atoms with Gasteiger partial charge in [0.25, 0.3) is 0 Å². The lowest BCUT2D eigenvalue weighted by atomic mass is 10.0. The number of likely N-dealkylation sites (tertiary alicyclic amines) is 2. The van der Waals surface area contributed by atoms with E-state index in [9.17, 15) is 23.1 Å². The second kappa shape index (κ2) is 6.97. The van der Waals surface area contributed by atoms with Gasteiger partial charge in [-0.1, -0.05) is 0 Å². The van der Waals surface area contributed by atoms with E-state index in [1.165, 1.54) is 9.80 Å². The van der Waals surface area contributed by atoms with Gasteiger partial charge in [0, 0.05) is 38.8 Å². The molecular formula is C15H25N3O5S. The smallest absolute Gasteiger partial charge is 0.312 e. The van der Waals surface area contributed by atoms with E-state index in [4.69, 9.17) is 0 Å². The van der Waals surface area contributed by atoms with Crippen LogP contribution in [0.1, 0.15) is 32.1 Å². The molecule has 24 heavy (non-hydrogen) atoms. The topological polar surface area (TPSA) is 98.2 Å². The summed E-state index contributed by atoms with van der Waals surface area (Å²) in [4.78, 5) is 27.6. The summed E-state index contributed by atoms with van der Waals surface area (Å²) < 4.78 is 25.5. The molecule has 1 N–H and O–H groups in total. The van der Waals surface area contributed by atoms with Crippen molar-refractivity contribution in [3.63, 3.8) is 0 Å². The average molecular weight is 359 g/mol. The van der Waals surface area contributed by atoms with E-state index in [0.29, 0.717) is 58.3 Å². The standard InChI is InChI=1S/C15H25N3O5S/c19-13-3-1-6-17(11-13)15(21)14(20)16-8-4-12(5-9-16)18-7-2-10-24(18,22)23/h12-13,19H,1-11H2/t13-/m0/s1. The largest absolute Gasteiger partial charge is 0.391 e. The van der Waals surface area contributed by atoms with E-state index in [1.807, 2.05) is 0 Å². The summed E-state index contributed by atoms with van der Waals surface area (Å²) in [5.74, 6) is -0.880. The molecule has 3 fully saturated rings. The van der Waals surface area contributed by atoms with E-state index in [1.54, 1.807) is 4.31 Å². The Kier molecular flexibility index (Phi) is 5.12. The highest BCUT2D eigenvalue weighted by molar-refractivity contribution is 7.89. The normalized spacial score (nSPS) is 29.0. The number of hydrogen-bond donors (Lipinski definition) is 1. The molecule has 0 bridgehead atoms. The van der Waals surface area contributed by atoms with Gasteiger partial charge < -0.3 is 14.9 Å². The monoisotopic (exact) mass is 359 g/mol. The van der Waals surface area contributed by atoms with Crippen LogP contribution in [0.4, 0.5) is 0 Å². The van der Waals surface area contributed by atoms with Gasteiger partial charge in [-0.3, -0.25) is 9.59 Å². The van der Waals surface area contributed by atoms with Gasteiger partial charge in [0.15, 0.2) is 0 Å². The van der Waals surface area contributed by atoms with Crippen molar-refractivity contribution in [3.8, 4) is 0 Å². The van der Waals surface area contributed by atoms with Crippen LogP contribution in [-0.4, -0.2) is 90.1 Å². The lowest BCUT2D eigenvalue weighted by Crippen LogP contribution is -2.53. The number of nitrogens with zero attached hydrogens (tertiary/aromatic N) is 3. The highest BCUT2D eigenvalue weighted by Crippen LogP contribution is 2.24. The number of β-amino-alcohol motifs (C(OH)–C–C–N with tert-alkyl or cyclic N) is 1. The summed E-state index contributed by atoms with van der Waals surface area (Å²) >= 11 is 0. The highest BCUT2D eigenvalue weighted by Gasteiger charge is 2.38. The third-order valence-corrected chi connectivity index (χ3v) is 7.16. The predicted molar refractivity (Wildman–Crippen MR) is 86.5 cm³/mol. The fourth-order valence-electron chi connectivity index (χ4n) is 3.84. The summed E-state index contributed by atoms with van der Waals surface area (Å²) in [5.41, 5.74) is 0. The van der Waals surface area contributed by atoms with Gasteiger partial charge in [-0.2, -0.15) is 4.31 Å². The van der Waals surface area contributed by atoms with Crippen molar-refractivity contribution in [2.45, 2.75) is 44.2 Å². The summed E-state index contributed by atoms with van der Waals surface area (Å²) in [7, 11) is -3.14. The summed E-state index contributed by atoms with van der Waals surface area (Å²) in [5, 5.41) is 9.64. The molecule has 1 atom stereocenters. The zero-order valence-electron chi connectivity index (χ0n) is 13.8. The first kappa shape index (κ1) is 17.6. The molecule has 0 spiro atoms. The molecule has 8 nitrogen and oxygen atoms in total. The Bertz CT molecular complexity index is 600. The first-order valence-corrected chi connectivity index (χ1v) is 10.2. The second-order valence-corrected chi connectivity index (χ2v) is 8.89. The first-order valence-electron chi connectivity index (χ1n) is 8.64. The Morgan fingerprint density at radius 3 is 2.12 bits per heavy atom. The number of amides is 2. The number of hydrogen-bond acceptors (Lipinski definition) is 5. The number of carbonyl (C=O) groups is 2. The molecule has 0 saturated carbocycles. The first-order chi connectivity index (χ1) is 11.4. The Hall–Kier alpha value is -1.19. The Morgan fingerprint density at radius 2 is 1.54 bits per heavy atom. The fourth-order valence-corrected chi connectivity index (χ4v) is 5.64. The maximum Gasteiger partial charge on any atom is 0.312 e. The van der Waals surface area contributed by atoms with E-state index in [0.717, 1.165) is 0 Å². The number of piperidine rings is 2. The Balaban J connectivity index is 1.54. The molecule has 3 aliphatic heterocycles. The molecule has 3 aliphatic rings. The Labute approximate surface area is 142 Å². The zero-order valence-corrected chi connectivity index (χ0v) is 14.6. The van der Waals surface area contributed by atoms with E-state index in [2.05, 4.69) is 0 Å². The number of carbonyl (C=O) groups excluding carboxylic acids is 2. The number of aliphatic hydroxyl groups is 1. The van der Waals surface area contributed by atoms with Crippen molar-refractivity contribution in [2.75, 3.05) is 38.5 Å². The minimum atomic E-state index is -3.14. The lowest BCUT2D eigenvalue weighted by Gasteiger charge is -2.37. The van der Waals surface area contributed by atoms with Gasteiger partial charge in [0.05, 0.1) is 11.9 Å². The molecule has 0 aromatic carbocycles. The number of aliphatic hydroxyl groups excluding tert-OH is 1. The van der Waals surface area contributed by atoms with Crippen LogP contribution in [0.2, 0.25) is 0 Å². The molecule has 0 aromatic heterocycles. The lowest BCUT2D eigenvalue weighted by molar-refractivity contribution is -0.154. The molecule has 0 radical (unpaired) electrons. The van der Waals surface area contributed by atoms with Gasteiger partial charge in [-0.05, 0) is 32.1 Å². The maximum atomic E-state index is 12.4. The van der Waals surface area contributed by atoms with Crippen LogP contribution in [0.15, 0.2) is 0 Å². The van der Waals surface area contributed by atoms with Gasteiger partial charge >= 0.3 is 11.8 Å². The van der Waals surface area contributed by atoms with Gasteiger partial charge in [-0.25, -0.2) is 8.42 Å². The van der Waals surface area contributed by atoms with Crippen molar-refractivity contribution >= 4 is 21.8 Å². The SMILES string of the molecule is O=C(C(=O)N1CCC[C@H](O)C1)N1CCC(N2CCCS2(=O)=O)CC1. The van der Waals surface area contributed by atoms with Crippen molar-refractivity contribution in [3.05, 3.63) is 0 Å². The van der Waals surface area contributed by atoms with Crippen LogP contribution >= 0.6 is 0 Å². The molecule has 3 rings (SSSR count). The molecule has 0 unspecified atom stereocenters. The second-order valence-electron chi connectivity index (χ2n) is 6.85. The maximum absolute atomic E-state index is 12.4. The van der Waals surface area contributed by atoms with Crippen molar-refractivity contribution in [1.82, 2.24) is 14.1 Å². The molecule has 136 valence electrons. The third-order valence-electron chi connectivity index (χ3n) is 5.16. The predicted octanol–water partition coefficient (Wildman–Crippen LogP) is -1.00. The van der Waals surface area contributed by atoms with Crippen molar-refractivity contribution < 1.29 is 23.1 Å². The van der Waals surface area contributed by atoms with Gasteiger partial charge in [0.2, 0.25) is 10.0 Å². The van der Waals surface area contributed by atoms with Crippen LogP contribution < -0.4 is 0 Å². The number of rotatable bonds is 1. The van der Waals surface area contributed by atoms with Crippen molar-refractivity contribution in [1.29, 1.82) is 0 Å². The molecule has 9 heteroatoms. The summed E-state index contributed by atoms with van der Waals surface area (Å²) in [6.45, 7) is 2.08. The van der Waals surface area contributed by atoms with Gasteiger partial charge in [0.1, 0.15) is 0 Å².